The Hall–Kier alpha value is -1.99. The number of para-hydroxylation sites is 1. The van der Waals surface area contributed by atoms with Gasteiger partial charge in [0.2, 0.25) is 0 Å². The molecule has 0 aromatic heterocycles. The molecule has 1 aromatic rings. The first-order valence-electron chi connectivity index (χ1n) is 6.59. The third-order valence-corrected chi connectivity index (χ3v) is 3.79. The van der Waals surface area contributed by atoms with Crippen LogP contribution >= 0.6 is 0 Å². The van der Waals surface area contributed by atoms with Crippen LogP contribution in [0.25, 0.3) is 6.08 Å². The molecule has 1 aliphatic rings. The summed E-state index contributed by atoms with van der Waals surface area (Å²) < 4.78 is 4.91. The lowest BCUT2D eigenvalue weighted by Crippen LogP contribution is -2.40. The van der Waals surface area contributed by atoms with Gasteiger partial charge in [0.25, 0.3) is 0 Å². The highest BCUT2D eigenvalue weighted by molar-refractivity contribution is 6.83. The van der Waals surface area contributed by atoms with Gasteiger partial charge in [-0.1, -0.05) is 49.8 Å². The Morgan fingerprint density at radius 3 is 2.65 bits per heavy atom. The molecule has 0 N–H and O–H groups in total. The smallest absolute Gasteiger partial charge is 0.415 e. The van der Waals surface area contributed by atoms with Gasteiger partial charge < -0.3 is 4.74 Å². The Morgan fingerprint density at radius 1 is 1.30 bits per heavy atom. The number of anilines is 1. The molecule has 1 amide bonds. The quantitative estimate of drug-likeness (QED) is 0.539. The van der Waals surface area contributed by atoms with Crippen molar-refractivity contribution in [2.45, 2.75) is 25.7 Å². The summed E-state index contributed by atoms with van der Waals surface area (Å²) in [7, 11) is -0.0860. The predicted molar refractivity (Wildman–Crippen MR) is 85.3 cm³/mol. The van der Waals surface area contributed by atoms with Crippen molar-refractivity contribution in [2.24, 2.45) is 0 Å². The van der Waals surface area contributed by atoms with Crippen molar-refractivity contribution in [1.82, 2.24) is 0 Å². The third-order valence-electron chi connectivity index (χ3n) is 2.90. The topological polar surface area (TPSA) is 29.5 Å². The number of hydrogen-bond donors (Lipinski definition) is 0. The SMILES string of the molecule is COC(=O)N1c2ccccc2C=CC1C#C[Si](C)(C)C. The van der Waals surface area contributed by atoms with Gasteiger partial charge in [0, 0.05) is 0 Å². The monoisotopic (exact) mass is 285 g/mol. The van der Waals surface area contributed by atoms with Crippen LogP contribution in [0, 0.1) is 11.5 Å². The van der Waals surface area contributed by atoms with Gasteiger partial charge in [-0.05, 0) is 17.7 Å². The second kappa shape index (κ2) is 5.56. The van der Waals surface area contributed by atoms with Crippen molar-refractivity contribution >= 4 is 25.9 Å². The molecule has 1 heterocycles. The normalized spacial score (nSPS) is 17.0. The standard InChI is InChI=1S/C16H19NO2Si/c1-19-16(18)17-14(11-12-20(2,3)4)10-9-13-7-5-6-8-15(13)17/h5-10,14H,1-4H3. The van der Waals surface area contributed by atoms with E-state index in [4.69, 9.17) is 4.74 Å². The highest BCUT2D eigenvalue weighted by Gasteiger charge is 2.27. The van der Waals surface area contributed by atoms with Gasteiger partial charge in [0.05, 0.1) is 12.8 Å². The number of nitrogens with zero attached hydrogens (tertiary/aromatic N) is 1. The molecule has 3 nitrogen and oxygen atoms in total. The molecule has 104 valence electrons. The first kappa shape index (κ1) is 14.4. The van der Waals surface area contributed by atoms with E-state index in [1.165, 1.54) is 7.11 Å². The van der Waals surface area contributed by atoms with Gasteiger partial charge in [0.1, 0.15) is 14.1 Å². The summed E-state index contributed by atoms with van der Waals surface area (Å²) >= 11 is 0. The number of hydrogen-bond acceptors (Lipinski definition) is 2. The zero-order valence-electron chi connectivity index (χ0n) is 12.3. The molecule has 1 aliphatic heterocycles. The molecule has 0 bridgehead atoms. The summed E-state index contributed by atoms with van der Waals surface area (Å²) in [4.78, 5) is 13.7. The fraction of sp³-hybridized carbons (Fsp3) is 0.312. The highest BCUT2D eigenvalue weighted by Crippen LogP contribution is 2.29. The first-order valence-corrected chi connectivity index (χ1v) is 10.1. The number of ether oxygens (including phenoxy) is 1. The van der Waals surface area contributed by atoms with E-state index in [0.29, 0.717) is 0 Å². The molecule has 1 unspecified atom stereocenters. The average Bonchev–Trinajstić information content (AvgIpc) is 2.42. The van der Waals surface area contributed by atoms with Crippen molar-refractivity contribution in [1.29, 1.82) is 0 Å². The third kappa shape index (κ3) is 3.12. The highest BCUT2D eigenvalue weighted by atomic mass is 28.3. The lowest BCUT2D eigenvalue weighted by Gasteiger charge is -2.29. The van der Waals surface area contributed by atoms with Crippen LogP contribution in [-0.4, -0.2) is 27.3 Å². The Labute approximate surface area is 121 Å². The van der Waals surface area contributed by atoms with E-state index in [2.05, 4.69) is 31.1 Å². The summed E-state index contributed by atoms with van der Waals surface area (Å²) in [5.41, 5.74) is 5.17. The molecule has 0 aliphatic carbocycles. The van der Waals surface area contributed by atoms with Crippen LogP contribution in [0.15, 0.2) is 30.3 Å². The summed E-state index contributed by atoms with van der Waals surface area (Å²) in [6.45, 7) is 6.55. The number of carbonyl (C=O) groups is 1. The van der Waals surface area contributed by atoms with Crippen LogP contribution in [0.5, 0.6) is 0 Å². The minimum Gasteiger partial charge on any atom is -0.452 e. The van der Waals surface area contributed by atoms with Gasteiger partial charge in [-0.3, -0.25) is 4.90 Å². The maximum absolute atomic E-state index is 12.1. The molecule has 2 rings (SSSR count). The molecule has 1 atom stereocenters. The van der Waals surface area contributed by atoms with E-state index in [9.17, 15) is 4.79 Å². The zero-order valence-corrected chi connectivity index (χ0v) is 13.3. The number of methoxy groups -OCH3 is 1. The van der Waals surface area contributed by atoms with E-state index >= 15 is 0 Å². The molecule has 0 spiro atoms. The molecule has 1 aromatic carbocycles. The second-order valence-electron chi connectivity index (χ2n) is 5.72. The summed E-state index contributed by atoms with van der Waals surface area (Å²) in [6.07, 6.45) is 3.58. The Morgan fingerprint density at radius 2 is 2.00 bits per heavy atom. The first-order chi connectivity index (χ1) is 9.42. The van der Waals surface area contributed by atoms with Crippen molar-refractivity contribution in [3.8, 4) is 11.5 Å². The average molecular weight is 285 g/mol. The van der Waals surface area contributed by atoms with Crippen LogP contribution in [-0.2, 0) is 4.74 Å². The van der Waals surface area contributed by atoms with Crippen molar-refractivity contribution in [3.63, 3.8) is 0 Å². The molecule has 0 fully saturated rings. The van der Waals surface area contributed by atoms with Gasteiger partial charge >= 0.3 is 6.09 Å². The van der Waals surface area contributed by atoms with Crippen molar-refractivity contribution < 1.29 is 9.53 Å². The molecule has 20 heavy (non-hydrogen) atoms. The number of fused-ring (bicyclic) bond motifs is 1. The molecule has 0 saturated carbocycles. The van der Waals surface area contributed by atoms with Gasteiger partial charge in [-0.25, -0.2) is 4.79 Å². The van der Waals surface area contributed by atoms with E-state index < -0.39 is 8.07 Å². The lowest BCUT2D eigenvalue weighted by atomic mass is 10.0. The number of benzene rings is 1. The largest absolute Gasteiger partial charge is 0.452 e. The van der Waals surface area contributed by atoms with Crippen LogP contribution in [0.2, 0.25) is 19.6 Å². The summed E-state index contributed by atoms with van der Waals surface area (Å²) in [5, 5.41) is 0. The summed E-state index contributed by atoms with van der Waals surface area (Å²) in [5.74, 6) is 3.22. The summed E-state index contributed by atoms with van der Waals surface area (Å²) in [6, 6.07) is 7.50. The molecular formula is C16H19NO2Si. The van der Waals surface area contributed by atoms with Crippen LogP contribution in [0.1, 0.15) is 5.56 Å². The number of amides is 1. The number of carbonyl (C=O) groups excluding carboxylic acids is 1. The minimum absolute atomic E-state index is 0.260. The molecule has 0 saturated heterocycles. The van der Waals surface area contributed by atoms with Gasteiger partial charge in [-0.15, -0.1) is 5.54 Å². The number of rotatable bonds is 0. The fourth-order valence-electron chi connectivity index (χ4n) is 1.99. The lowest BCUT2D eigenvalue weighted by molar-refractivity contribution is 0.178. The maximum atomic E-state index is 12.1. The maximum Gasteiger partial charge on any atom is 0.415 e. The molecule has 0 radical (unpaired) electrons. The Kier molecular flexibility index (Phi) is 4.00. The van der Waals surface area contributed by atoms with E-state index in [1.54, 1.807) is 4.90 Å². The Bertz CT molecular complexity index is 605. The van der Waals surface area contributed by atoms with E-state index in [-0.39, 0.29) is 12.1 Å². The van der Waals surface area contributed by atoms with E-state index in [1.807, 2.05) is 36.4 Å². The van der Waals surface area contributed by atoms with Gasteiger partial charge in [-0.2, -0.15) is 0 Å². The van der Waals surface area contributed by atoms with Crippen LogP contribution in [0.3, 0.4) is 0 Å². The second-order valence-corrected chi connectivity index (χ2v) is 10.5. The van der Waals surface area contributed by atoms with Gasteiger partial charge in [0.15, 0.2) is 0 Å². The van der Waals surface area contributed by atoms with Crippen LogP contribution < -0.4 is 4.90 Å². The van der Waals surface area contributed by atoms with Crippen molar-refractivity contribution in [2.75, 3.05) is 12.0 Å². The van der Waals surface area contributed by atoms with Crippen LogP contribution in [0.4, 0.5) is 10.5 Å². The molecule has 4 heteroatoms. The van der Waals surface area contributed by atoms with E-state index in [0.717, 1.165) is 11.3 Å². The predicted octanol–water partition coefficient (Wildman–Crippen LogP) is 3.54. The molecular weight excluding hydrogens is 266 g/mol. The Balaban J connectivity index is 2.43. The minimum atomic E-state index is -1.48. The zero-order chi connectivity index (χ0) is 14.8. The van der Waals surface area contributed by atoms with Crippen molar-refractivity contribution in [3.05, 3.63) is 35.9 Å². The fourth-order valence-corrected chi connectivity index (χ4v) is 2.57.